The molecule has 0 saturated heterocycles. The molecule has 2 heterocycles. The van der Waals surface area contributed by atoms with Crippen LogP contribution in [0, 0.1) is 0 Å². The van der Waals surface area contributed by atoms with Crippen molar-refractivity contribution in [1.82, 2.24) is 15.1 Å². The number of nitrogens with zero attached hydrogens (tertiary/aromatic N) is 2. The summed E-state index contributed by atoms with van der Waals surface area (Å²) in [5.74, 6) is 2.11. The van der Waals surface area contributed by atoms with Crippen LogP contribution in [0.2, 0.25) is 0 Å². The van der Waals surface area contributed by atoms with Crippen LogP contribution in [0.15, 0.2) is 42.5 Å². The van der Waals surface area contributed by atoms with Gasteiger partial charge in [-0.2, -0.15) is 5.10 Å². The maximum atomic E-state index is 13.2. The number of carbonyl (C=O) groups excluding carboxylic acids is 1. The van der Waals surface area contributed by atoms with Crippen LogP contribution in [-0.2, 0) is 0 Å². The van der Waals surface area contributed by atoms with Crippen molar-refractivity contribution >= 4 is 5.91 Å². The molecule has 0 bridgehead atoms. The van der Waals surface area contributed by atoms with E-state index >= 15 is 0 Å². The monoisotopic (exact) mass is 407 g/mol. The van der Waals surface area contributed by atoms with Crippen molar-refractivity contribution in [2.75, 3.05) is 27.9 Å². The molecule has 2 aromatic carbocycles. The van der Waals surface area contributed by atoms with Crippen LogP contribution in [0.25, 0.3) is 11.3 Å². The molecule has 3 aromatic rings. The molecule has 0 aliphatic carbocycles. The zero-order valence-electron chi connectivity index (χ0n) is 17.6. The van der Waals surface area contributed by atoms with Crippen molar-refractivity contribution in [1.29, 1.82) is 0 Å². The van der Waals surface area contributed by atoms with Crippen molar-refractivity contribution in [3.05, 3.63) is 59.3 Å². The number of amides is 1. The first-order chi connectivity index (χ1) is 14.6. The van der Waals surface area contributed by atoms with E-state index < -0.39 is 0 Å². The van der Waals surface area contributed by atoms with Gasteiger partial charge in [0, 0.05) is 23.2 Å². The van der Waals surface area contributed by atoms with Gasteiger partial charge < -0.3 is 19.1 Å². The number of H-pyrrole nitrogens is 1. The Hall–Kier alpha value is -3.48. The van der Waals surface area contributed by atoms with E-state index in [0.717, 1.165) is 34.6 Å². The van der Waals surface area contributed by atoms with E-state index in [1.807, 2.05) is 47.4 Å². The molecule has 1 N–H and O–H groups in total. The van der Waals surface area contributed by atoms with Gasteiger partial charge in [-0.25, -0.2) is 0 Å². The zero-order chi connectivity index (χ0) is 21.3. The van der Waals surface area contributed by atoms with E-state index in [4.69, 9.17) is 14.2 Å². The van der Waals surface area contributed by atoms with E-state index in [0.29, 0.717) is 23.7 Å². The van der Waals surface area contributed by atoms with Gasteiger partial charge in [0.2, 0.25) is 0 Å². The predicted octanol–water partition coefficient (Wildman–Crippen LogP) is 4.06. The molecule has 1 aromatic heterocycles. The van der Waals surface area contributed by atoms with E-state index in [1.165, 1.54) is 0 Å². The number of hydrogen-bond donors (Lipinski definition) is 1. The van der Waals surface area contributed by atoms with Crippen molar-refractivity contribution in [3.8, 4) is 28.5 Å². The predicted molar refractivity (Wildman–Crippen MR) is 113 cm³/mol. The Kier molecular flexibility index (Phi) is 5.35. The highest BCUT2D eigenvalue weighted by Crippen LogP contribution is 2.46. The largest absolute Gasteiger partial charge is 0.497 e. The quantitative estimate of drug-likeness (QED) is 0.639. The Balaban J connectivity index is 1.91. The van der Waals surface area contributed by atoms with Crippen LogP contribution in [0.3, 0.4) is 0 Å². The van der Waals surface area contributed by atoms with Gasteiger partial charge in [0.25, 0.3) is 5.91 Å². The van der Waals surface area contributed by atoms with Gasteiger partial charge in [0.15, 0.2) is 0 Å². The summed E-state index contributed by atoms with van der Waals surface area (Å²) in [5.41, 5.74) is 3.89. The van der Waals surface area contributed by atoms with Crippen LogP contribution in [0.4, 0.5) is 0 Å². The third kappa shape index (κ3) is 3.16. The molecule has 4 rings (SSSR count). The summed E-state index contributed by atoms with van der Waals surface area (Å²) in [6.45, 7) is 2.68. The number of benzene rings is 2. The summed E-state index contributed by atoms with van der Waals surface area (Å²) >= 11 is 0. The van der Waals surface area contributed by atoms with Gasteiger partial charge in [0.1, 0.15) is 22.9 Å². The lowest BCUT2D eigenvalue weighted by molar-refractivity contribution is 0.0742. The summed E-state index contributed by atoms with van der Waals surface area (Å²) in [5, 5.41) is 7.47. The first-order valence-electron chi connectivity index (χ1n) is 9.88. The highest BCUT2D eigenvalue weighted by molar-refractivity contribution is 6.00. The second-order valence-corrected chi connectivity index (χ2v) is 7.10. The highest BCUT2D eigenvalue weighted by Gasteiger charge is 2.43. The Bertz CT molecular complexity index is 1060. The minimum Gasteiger partial charge on any atom is -0.497 e. The number of carbonyl (C=O) groups is 1. The van der Waals surface area contributed by atoms with E-state index in [9.17, 15) is 4.79 Å². The lowest BCUT2D eigenvalue weighted by atomic mass is 9.95. The van der Waals surface area contributed by atoms with Crippen molar-refractivity contribution < 1.29 is 19.0 Å². The highest BCUT2D eigenvalue weighted by atomic mass is 16.5. The maximum Gasteiger partial charge on any atom is 0.273 e. The molecule has 1 atom stereocenters. The lowest BCUT2D eigenvalue weighted by Gasteiger charge is -2.27. The first-order valence-corrected chi connectivity index (χ1v) is 9.88. The molecule has 1 aliphatic heterocycles. The molecule has 0 radical (unpaired) electrons. The van der Waals surface area contributed by atoms with E-state index in [-0.39, 0.29) is 11.9 Å². The number of aromatic amines is 1. The molecule has 30 heavy (non-hydrogen) atoms. The molecule has 1 aliphatic rings. The van der Waals surface area contributed by atoms with Gasteiger partial charge in [-0.15, -0.1) is 0 Å². The summed E-state index contributed by atoms with van der Waals surface area (Å²) < 4.78 is 16.4. The average Bonchev–Trinajstić information content (AvgIpc) is 3.33. The Labute approximate surface area is 175 Å². The number of methoxy groups -OCH3 is 3. The molecular formula is C23H25N3O4. The van der Waals surface area contributed by atoms with E-state index in [2.05, 4.69) is 17.1 Å². The van der Waals surface area contributed by atoms with Crippen LogP contribution >= 0.6 is 0 Å². The lowest BCUT2D eigenvalue weighted by Crippen LogP contribution is -2.30. The average molecular weight is 407 g/mol. The van der Waals surface area contributed by atoms with Crippen LogP contribution in [-0.4, -0.2) is 48.9 Å². The molecule has 0 unspecified atom stereocenters. The maximum absolute atomic E-state index is 13.2. The molecule has 7 nitrogen and oxygen atoms in total. The van der Waals surface area contributed by atoms with Crippen LogP contribution in [0.5, 0.6) is 17.2 Å². The number of fused-ring (bicyclic) bond motifs is 1. The normalized spacial score (nSPS) is 15.3. The Morgan fingerprint density at radius 1 is 1.00 bits per heavy atom. The number of nitrogens with one attached hydrogen (secondary N) is 1. The van der Waals surface area contributed by atoms with Crippen molar-refractivity contribution in [2.45, 2.75) is 19.4 Å². The van der Waals surface area contributed by atoms with Gasteiger partial charge in [0.05, 0.1) is 33.1 Å². The SMILES string of the molecule is CCCN1C(=O)c2[nH]nc(-c3ccc(OC)cc3)c2[C@@H]1c1cc(OC)ccc1OC. The fraction of sp³-hybridized carbons (Fsp3) is 0.304. The van der Waals surface area contributed by atoms with Gasteiger partial charge >= 0.3 is 0 Å². The van der Waals surface area contributed by atoms with Gasteiger partial charge in [-0.05, 0) is 48.9 Å². The smallest absolute Gasteiger partial charge is 0.273 e. The fourth-order valence-electron chi connectivity index (χ4n) is 4.01. The number of hydrogen-bond acceptors (Lipinski definition) is 5. The zero-order valence-corrected chi connectivity index (χ0v) is 17.6. The summed E-state index contributed by atoms with van der Waals surface area (Å²) in [6, 6.07) is 13.0. The van der Waals surface area contributed by atoms with Crippen LogP contribution < -0.4 is 14.2 Å². The topological polar surface area (TPSA) is 76.7 Å². The Morgan fingerprint density at radius 2 is 1.70 bits per heavy atom. The summed E-state index contributed by atoms with van der Waals surface area (Å²) in [4.78, 5) is 15.1. The van der Waals surface area contributed by atoms with E-state index in [1.54, 1.807) is 21.3 Å². The Morgan fingerprint density at radius 3 is 2.33 bits per heavy atom. The summed E-state index contributed by atoms with van der Waals surface area (Å²) in [7, 11) is 4.89. The minimum absolute atomic E-state index is 0.0611. The second-order valence-electron chi connectivity index (χ2n) is 7.10. The van der Waals surface area contributed by atoms with Crippen LogP contribution in [0.1, 0.15) is 41.0 Å². The number of ether oxygens (including phenoxy) is 3. The molecule has 156 valence electrons. The molecular weight excluding hydrogens is 382 g/mol. The molecule has 0 saturated carbocycles. The molecule has 0 fully saturated rings. The third-order valence-corrected chi connectivity index (χ3v) is 5.42. The fourth-order valence-corrected chi connectivity index (χ4v) is 4.01. The standard InChI is InChI=1S/C23H25N3O4/c1-5-12-26-22(17-13-16(29-3)10-11-18(17)30-4)19-20(24-25-21(19)23(26)27)14-6-8-15(28-2)9-7-14/h6-11,13,22H,5,12H2,1-4H3,(H,24,25)/t22-/m0/s1. The van der Waals surface area contributed by atoms with Crippen molar-refractivity contribution in [3.63, 3.8) is 0 Å². The molecule has 7 heteroatoms. The first kappa shape index (κ1) is 19.8. The van der Waals surface area contributed by atoms with Gasteiger partial charge in [-0.3, -0.25) is 9.89 Å². The number of rotatable bonds is 7. The second kappa shape index (κ2) is 8.10. The summed E-state index contributed by atoms with van der Waals surface area (Å²) in [6.07, 6.45) is 0.837. The third-order valence-electron chi connectivity index (χ3n) is 5.42. The number of aromatic nitrogens is 2. The van der Waals surface area contributed by atoms with Gasteiger partial charge in [-0.1, -0.05) is 6.92 Å². The minimum atomic E-state index is -0.326. The molecule has 1 amide bonds. The molecule has 0 spiro atoms. The van der Waals surface area contributed by atoms with Crippen molar-refractivity contribution in [2.24, 2.45) is 0 Å².